The van der Waals surface area contributed by atoms with E-state index >= 15 is 0 Å². The molecule has 3 aromatic rings. The molecule has 258 valence electrons. The Morgan fingerprint density at radius 1 is 0.792 bits per heavy atom. The topological polar surface area (TPSA) is 115 Å². The van der Waals surface area contributed by atoms with Crippen LogP contribution in [-0.4, -0.2) is 63.1 Å². The Balaban J connectivity index is 1.45. The van der Waals surface area contributed by atoms with Gasteiger partial charge in [0.15, 0.2) is 12.6 Å². The van der Waals surface area contributed by atoms with Gasteiger partial charge in [-0.3, -0.25) is 0 Å². The number of azide groups is 1. The van der Waals surface area contributed by atoms with E-state index in [0.29, 0.717) is 6.61 Å². The van der Waals surface area contributed by atoms with Crippen LogP contribution in [0.2, 0.25) is 5.04 Å². The van der Waals surface area contributed by atoms with E-state index in [1.165, 1.54) is 0 Å². The molecule has 2 fully saturated rings. The molecule has 9 nitrogen and oxygen atoms in total. The van der Waals surface area contributed by atoms with Crippen molar-refractivity contribution in [2.45, 2.75) is 103 Å². The molecule has 2 aliphatic heterocycles. The molecule has 0 spiro atoms. The molecule has 0 aliphatic carbocycles. The number of ether oxygens (including phenoxy) is 4. The minimum absolute atomic E-state index is 0.116. The SMILES string of the molecule is CC1O[C@@H](O[C@H]2C(CO[Si](c3ccccc3)(c3ccccc3)C(C)(C)C)OC(O)C(N=[N+]=[N-])[C@H]2C)C(C)[C@H](OCc2ccccc2)[C@@H]1C. The van der Waals surface area contributed by atoms with Crippen LogP contribution < -0.4 is 10.4 Å². The molecule has 0 saturated carbocycles. The molecule has 48 heavy (non-hydrogen) atoms. The minimum Gasteiger partial charge on any atom is -0.405 e. The van der Waals surface area contributed by atoms with Gasteiger partial charge in [0.05, 0.1) is 37.6 Å². The smallest absolute Gasteiger partial charge is 0.261 e. The fraction of sp³-hybridized carbons (Fsp3) is 0.526. The van der Waals surface area contributed by atoms with Crippen molar-refractivity contribution in [3.63, 3.8) is 0 Å². The monoisotopic (exact) mass is 673 g/mol. The summed E-state index contributed by atoms with van der Waals surface area (Å²) in [5.74, 6) is -0.377. The van der Waals surface area contributed by atoms with Gasteiger partial charge in [-0.2, -0.15) is 0 Å². The second-order valence-electron chi connectivity index (χ2n) is 14.4. The number of benzene rings is 3. The van der Waals surface area contributed by atoms with Crippen molar-refractivity contribution in [1.82, 2.24) is 0 Å². The summed E-state index contributed by atoms with van der Waals surface area (Å²) in [6.07, 6.45) is -3.46. The number of nitrogens with zero attached hydrogens (tertiary/aromatic N) is 3. The lowest BCUT2D eigenvalue weighted by Gasteiger charge is -2.49. The third-order valence-corrected chi connectivity index (χ3v) is 15.2. The van der Waals surface area contributed by atoms with Crippen LogP contribution in [-0.2, 0) is 30.0 Å². The average Bonchev–Trinajstić information content (AvgIpc) is 3.08. The summed E-state index contributed by atoms with van der Waals surface area (Å²) in [7, 11) is -2.93. The highest BCUT2D eigenvalue weighted by molar-refractivity contribution is 6.99. The first-order chi connectivity index (χ1) is 23.0. The van der Waals surface area contributed by atoms with E-state index in [2.05, 4.69) is 105 Å². The molecular weight excluding hydrogens is 623 g/mol. The molecule has 2 aliphatic rings. The largest absolute Gasteiger partial charge is 0.405 e. The minimum atomic E-state index is -2.93. The standard InChI is InChI=1S/C38H51N3O6Si/c1-25-28(4)45-37(27(3)34(25)43-23-29-17-11-8-12-18-29)47-35-26(2)33(40-41-39)36(42)46-32(35)24-44-48(38(5,6)7,30-19-13-9-14-20-30)31-21-15-10-16-22-31/h8-22,25-28,32-37,42H,23-24H2,1-7H3/t25-,26-,27?,28?,32?,33?,34-,35-,36?,37+/m1/s1. The lowest BCUT2D eigenvalue weighted by atomic mass is 9.85. The van der Waals surface area contributed by atoms with Crippen LogP contribution in [0.3, 0.4) is 0 Å². The highest BCUT2D eigenvalue weighted by Gasteiger charge is 2.53. The zero-order chi connectivity index (χ0) is 34.5. The predicted molar refractivity (Wildman–Crippen MR) is 189 cm³/mol. The summed E-state index contributed by atoms with van der Waals surface area (Å²) in [5, 5.41) is 17.0. The highest BCUT2D eigenvalue weighted by Crippen LogP contribution is 2.40. The van der Waals surface area contributed by atoms with Gasteiger partial charge >= 0.3 is 0 Å². The maximum absolute atomic E-state index is 11.1. The van der Waals surface area contributed by atoms with Crippen molar-refractivity contribution in [1.29, 1.82) is 0 Å². The first-order valence-corrected chi connectivity index (χ1v) is 19.0. The summed E-state index contributed by atoms with van der Waals surface area (Å²) in [5.41, 5.74) is 10.5. The Morgan fingerprint density at radius 2 is 1.35 bits per heavy atom. The fourth-order valence-corrected chi connectivity index (χ4v) is 12.0. The van der Waals surface area contributed by atoms with Crippen molar-refractivity contribution in [3.8, 4) is 0 Å². The van der Waals surface area contributed by atoms with Crippen LogP contribution in [0.1, 0.15) is 54.0 Å². The molecule has 0 amide bonds. The third-order valence-electron chi connectivity index (χ3n) is 10.2. The molecule has 10 atom stereocenters. The van der Waals surface area contributed by atoms with Gasteiger partial charge in [0.2, 0.25) is 0 Å². The van der Waals surface area contributed by atoms with Gasteiger partial charge in [0, 0.05) is 16.7 Å². The maximum Gasteiger partial charge on any atom is 0.261 e. The Kier molecular flexibility index (Phi) is 11.8. The van der Waals surface area contributed by atoms with Gasteiger partial charge in [-0.25, -0.2) is 0 Å². The van der Waals surface area contributed by atoms with E-state index in [4.69, 9.17) is 23.4 Å². The normalized spacial score (nSPS) is 31.2. The van der Waals surface area contributed by atoms with Crippen LogP contribution in [0.15, 0.2) is 96.1 Å². The summed E-state index contributed by atoms with van der Waals surface area (Å²) < 4.78 is 33.4. The molecule has 0 bridgehead atoms. The van der Waals surface area contributed by atoms with Gasteiger partial charge in [0.1, 0.15) is 6.10 Å². The molecule has 2 heterocycles. The average molecular weight is 674 g/mol. The molecule has 5 rings (SSSR count). The predicted octanol–water partition coefficient (Wildman–Crippen LogP) is 6.58. The number of hydrogen-bond donors (Lipinski definition) is 1. The highest BCUT2D eigenvalue weighted by atomic mass is 28.4. The van der Waals surface area contributed by atoms with Crippen molar-refractivity contribution in [2.24, 2.45) is 22.9 Å². The van der Waals surface area contributed by atoms with E-state index in [9.17, 15) is 10.6 Å². The number of hydrogen-bond acceptors (Lipinski definition) is 7. The molecule has 2 saturated heterocycles. The summed E-state index contributed by atoms with van der Waals surface area (Å²) in [6, 6.07) is 30.1. The van der Waals surface area contributed by atoms with Crippen LogP contribution >= 0.6 is 0 Å². The van der Waals surface area contributed by atoms with Crippen LogP contribution in [0.4, 0.5) is 0 Å². The van der Waals surface area contributed by atoms with Crippen molar-refractivity contribution in [3.05, 3.63) is 107 Å². The fourth-order valence-electron chi connectivity index (χ4n) is 7.41. The molecule has 10 heteroatoms. The van der Waals surface area contributed by atoms with Crippen molar-refractivity contribution < 1.29 is 28.5 Å². The first-order valence-electron chi connectivity index (χ1n) is 17.1. The quantitative estimate of drug-likeness (QED) is 0.106. The third kappa shape index (κ3) is 7.56. The summed E-state index contributed by atoms with van der Waals surface area (Å²) in [6.45, 7) is 15.5. The summed E-state index contributed by atoms with van der Waals surface area (Å²) >= 11 is 0. The van der Waals surface area contributed by atoms with Gasteiger partial charge in [0.25, 0.3) is 8.32 Å². The molecular formula is C38H51N3O6Si. The maximum atomic E-state index is 11.1. The molecule has 3 aromatic carbocycles. The van der Waals surface area contributed by atoms with Crippen molar-refractivity contribution in [2.75, 3.05) is 6.61 Å². The summed E-state index contributed by atoms with van der Waals surface area (Å²) in [4.78, 5) is 3.02. The van der Waals surface area contributed by atoms with Crippen LogP contribution in [0, 0.1) is 17.8 Å². The van der Waals surface area contributed by atoms with E-state index < -0.39 is 45.1 Å². The zero-order valence-electron chi connectivity index (χ0n) is 29.2. The number of aliphatic hydroxyl groups is 1. The van der Waals surface area contributed by atoms with Gasteiger partial charge in [-0.1, -0.05) is 138 Å². The second-order valence-corrected chi connectivity index (χ2v) is 18.7. The number of aliphatic hydroxyl groups excluding tert-OH is 1. The molecule has 5 unspecified atom stereocenters. The Labute approximate surface area is 286 Å². The Hall–Kier alpha value is -3.05. The number of rotatable bonds is 11. The zero-order valence-corrected chi connectivity index (χ0v) is 30.2. The molecule has 0 radical (unpaired) electrons. The second kappa shape index (κ2) is 15.7. The van der Waals surface area contributed by atoms with Gasteiger partial charge in [-0.15, -0.1) is 0 Å². The Bertz CT molecular complexity index is 1450. The van der Waals surface area contributed by atoms with Crippen molar-refractivity contribution >= 4 is 18.7 Å². The lowest BCUT2D eigenvalue weighted by molar-refractivity contribution is -0.319. The van der Waals surface area contributed by atoms with Crippen LogP contribution in [0.25, 0.3) is 10.4 Å². The molecule has 1 N–H and O–H groups in total. The van der Waals surface area contributed by atoms with Crippen LogP contribution in [0.5, 0.6) is 0 Å². The van der Waals surface area contributed by atoms with E-state index in [-0.39, 0.29) is 35.7 Å². The Morgan fingerprint density at radius 3 is 1.90 bits per heavy atom. The van der Waals surface area contributed by atoms with E-state index in [0.717, 1.165) is 15.9 Å². The lowest BCUT2D eigenvalue weighted by Crippen LogP contribution is -2.68. The van der Waals surface area contributed by atoms with Gasteiger partial charge in [-0.05, 0) is 39.3 Å². The van der Waals surface area contributed by atoms with E-state index in [1.807, 2.05) is 44.2 Å². The van der Waals surface area contributed by atoms with Gasteiger partial charge < -0.3 is 28.5 Å². The molecule has 0 aromatic heterocycles. The first kappa shape index (κ1) is 36.2. The van der Waals surface area contributed by atoms with E-state index in [1.54, 1.807) is 0 Å².